The number of hydrogen-bond acceptors (Lipinski definition) is 3. The first-order valence-electron chi connectivity index (χ1n) is 6.31. The highest BCUT2D eigenvalue weighted by Crippen LogP contribution is 2.41. The van der Waals surface area contributed by atoms with Crippen LogP contribution in [-0.4, -0.2) is 18.3 Å². The van der Waals surface area contributed by atoms with Crippen molar-refractivity contribution in [3.05, 3.63) is 32.8 Å². The van der Waals surface area contributed by atoms with E-state index in [1.807, 2.05) is 27.7 Å². The van der Waals surface area contributed by atoms with Gasteiger partial charge in [-0.3, -0.25) is 0 Å². The Hall–Kier alpha value is 0.0349. The maximum Gasteiger partial charge on any atom is 0.480 e. The number of nitrogens with two attached hydrogens (primary N) is 1. The van der Waals surface area contributed by atoms with E-state index in [1.54, 1.807) is 12.1 Å². The first kappa shape index (κ1) is 16.4. The van der Waals surface area contributed by atoms with Crippen molar-refractivity contribution in [1.29, 1.82) is 0 Å². The summed E-state index contributed by atoms with van der Waals surface area (Å²) in [6, 6.07) is 3.26. The van der Waals surface area contributed by atoms with Crippen LogP contribution in [0.15, 0.2) is 12.1 Å². The van der Waals surface area contributed by atoms with Gasteiger partial charge in [0.25, 0.3) is 0 Å². The first-order chi connectivity index (χ1) is 9.05. The predicted octanol–water partition coefficient (Wildman–Crippen LogP) is 4.28. The lowest BCUT2D eigenvalue weighted by Crippen LogP contribution is -2.41. The van der Waals surface area contributed by atoms with Gasteiger partial charge < -0.3 is 15.0 Å². The van der Waals surface area contributed by atoms with E-state index >= 15 is 0 Å². The van der Waals surface area contributed by atoms with Crippen LogP contribution in [0.4, 0.5) is 0 Å². The van der Waals surface area contributed by atoms with E-state index in [0.717, 1.165) is 0 Å². The molecule has 2 rings (SSSR count). The molecule has 0 saturated carbocycles. The van der Waals surface area contributed by atoms with Crippen LogP contribution >= 0.6 is 34.8 Å². The Kier molecular flexibility index (Phi) is 4.38. The molecule has 1 saturated heterocycles. The van der Waals surface area contributed by atoms with E-state index in [9.17, 15) is 0 Å². The molecule has 20 heavy (non-hydrogen) atoms. The zero-order valence-corrected chi connectivity index (χ0v) is 14.1. The van der Waals surface area contributed by atoms with Crippen LogP contribution in [-0.2, 0) is 9.31 Å². The average Bonchev–Trinajstić information content (AvgIpc) is 2.52. The summed E-state index contributed by atoms with van der Waals surface area (Å²) in [6.07, 6.45) is 0. The quantitative estimate of drug-likeness (QED) is 0.648. The second-order valence-corrected chi connectivity index (χ2v) is 7.16. The van der Waals surface area contributed by atoms with E-state index in [4.69, 9.17) is 49.8 Å². The molecule has 0 aliphatic carbocycles. The van der Waals surface area contributed by atoms with Gasteiger partial charge in [0.1, 0.15) is 0 Å². The van der Waals surface area contributed by atoms with Crippen molar-refractivity contribution in [2.45, 2.75) is 44.8 Å². The highest BCUT2D eigenvalue weighted by Gasteiger charge is 2.53. The highest BCUT2D eigenvalue weighted by atomic mass is 35.5. The molecule has 0 spiro atoms. The highest BCUT2D eigenvalue weighted by molar-refractivity contribution is 6.49. The fourth-order valence-electron chi connectivity index (χ4n) is 2.00. The van der Waals surface area contributed by atoms with Crippen LogP contribution in [0.2, 0.25) is 15.1 Å². The van der Waals surface area contributed by atoms with E-state index in [2.05, 4.69) is 0 Å². The van der Waals surface area contributed by atoms with Crippen molar-refractivity contribution in [1.82, 2.24) is 0 Å². The molecule has 1 heterocycles. The van der Waals surface area contributed by atoms with Crippen molar-refractivity contribution in [3.8, 4) is 0 Å². The molecule has 1 fully saturated rings. The Morgan fingerprint density at radius 2 is 1.55 bits per heavy atom. The maximum atomic E-state index is 6.23. The lowest BCUT2D eigenvalue weighted by molar-refractivity contribution is 0.00578. The van der Waals surface area contributed by atoms with Crippen LogP contribution in [0, 0.1) is 0 Å². The minimum atomic E-state index is -0.605. The summed E-state index contributed by atoms with van der Waals surface area (Å²) in [5.41, 5.74) is 5.93. The Balaban J connectivity index is 2.32. The van der Waals surface area contributed by atoms with Gasteiger partial charge in [0.05, 0.1) is 27.2 Å². The molecule has 1 aromatic rings. The number of hydrogen-bond donors (Lipinski definition) is 1. The maximum absolute atomic E-state index is 6.23. The van der Waals surface area contributed by atoms with Crippen LogP contribution in [0.5, 0.6) is 0 Å². The Morgan fingerprint density at radius 3 is 2.05 bits per heavy atom. The minimum Gasteiger partial charge on any atom is -0.402 e. The number of rotatable bonds is 2. The van der Waals surface area contributed by atoms with Crippen molar-refractivity contribution >= 4 is 41.9 Å². The first-order valence-corrected chi connectivity index (χ1v) is 7.44. The molecule has 2 N–H and O–H groups in total. The van der Waals surface area contributed by atoms with Gasteiger partial charge in [-0.25, -0.2) is 0 Å². The van der Waals surface area contributed by atoms with Gasteiger partial charge in [0.2, 0.25) is 0 Å². The third-order valence-electron chi connectivity index (χ3n) is 3.94. The second kappa shape index (κ2) is 5.34. The van der Waals surface area contributed by atoms with Gasteiger partial charge in [0, 0.05) is 5.02 Å². The van der Waals surface area contributed by atoms with Gasteiger partial charge in [-0.2, -0.15) is 0 Å². The summed E-state index contributed by atoms with van der Waals surface area (Å²) in [6.45, 7) is 7.86. The van der Waals surface area contributed by atoms with Gasteiger partial charge in [-0.15, -0.1) is 0 Å². The van der Waals surface area contributed by atoms with Gasteiger partial charge in [0.15, 0.2) is 0 Å². The molecular formula is C13H17BCl3NO2. The Labute approximate surface area is 134 Å². The van der Waals surface area contributed by atoms with Crippen molar-refractivity contribution in [3.63, 3.8) is 0 Å². The zero-order valence-electron chi connectivity index (χ0n) is 11.8. The summed E-state index contributed by atoms with van der Waals surface area (Å²) in [4.78, 5) is 0. The van der Waals surface area contributed by atoms with E-state index in [0.29, 0.717) is 20.6 Å². The largest absolute Gasteiger partial charge is 0.480 e. The monoisotopic (exact) mass is 335 g/mol. The molecule has 1 aliphatic heterocycles. The molecule has 0 amide bonds. The van der Waals surface area contributed by atoms with E-state index in [-0.39, 0.29) is 0 Å². The van der Waals surface area contributed by atoms with Crippen LogP contribution in [0.3, 0.4) is 0 Å². The number of benzene rings is 1. The molecule has 110 valence electrons. The fourth-order valence-corrected chi connectivity index (χ4v) is 2.74. The van der Waals surface area contributed by atoms with Gasteiger partial charge >= 0.3 is 7.12 Å². The fraction of sp³-hybridized carbons (Fsp3) is 0.538. The molecule has 1 aliphatic rings. The molecule has 3 nitrogen and oxygen atoms in total. The normalized spacial score (nSPS) is 22.1. The van der Waals surface area contributed by atoms with E-state index in [1.165, 1.54) is 0 Å². The minimum absolute atomic E-state index is 0.362. The van der Waals surface area contributed by atoms with Crippen molar-refractivity contribution in [2.24, 2.45) is 5.73 Å². The average molecular weight is 336 g/mol. The van der Waals surface area contributed by atoms with Gasteiger partial charge in [-0.1, -0.05) is 34.8 Å². The summed E-state index contributed by atoms with van der Waals surface area (Å²) >= 11 is 18.2. The van der Waals surface area contributed by atoms with Crippen LogP contribution in [0.1, 0.15) is 39.2 Å². The zero-order chi connectivity index (χ0) is 15.3. The molecule has 7 heteroatoms. The van der Waals surface area contributed by atoms with Gasteiger partial charge in [-0.05, 0) is 45.4 Å². The molecule has 1 unspecified atom stereocenters. The summed E-state index contributed by atoms with van der Waals surface area (Å²) in [5, 5.41) is 1.21. The summed E-state index contributed by atoms with van der Waals surface area (Å²) < 4.78 is 11.8. The molecule has 1 aromatic carbocycles. The topological polar surface area (TPSA) is 44.5 Å². The van der Waals surface area contributed by atoms with Crippen LogP contribution < -0.4 is 5.73 Å². The molecule has 0 bridgehead atoms. The van der Waals surface area contributed by atoms with Crippen molar-refractivity contribution < 1.29 is 9.31 Å². The lowest BCUT2D eigenvalue weighted by atomic mass is 9.75. The Bertz CT molecular complexity index is 521. The molecule has 0 aromatic heterocycles. The molecule has 0 radical (unpaired) electrons. The lowest BCUT2D eigenvalue weighted by Gasteiger charge is -2.32. The third-order valence-corrected chi connectivity index (χ3v) is 4.98. The number of halogens is 3. The smallest absolute Gasteiger partial charge is 0.402 e. The SMILES string of the molecule is CC1(C)OB(C(N)c2cc(Cl)cc(Cl)c2Cl)OC1(C)C. The third kappa shape index (κ3) is 2.83. The van der Waals surface area contributed by atoms with E-state index < -0.39 is 24.3 Å². The summed E-state index contributed by atoms with van der Waals surface area (Å²) in [5.74, 6) is -0.570. The van der Waals surface area contributed by atoms with Crippen molar-refractivity contribution in [2.75, 3.05) is 0 Å². The second-order valence-electron chi connectivity index (χ2n) is 5.94. The molecule has 1 atom stereocenters. The molecular weight excluding hydrogens is 319 g/mol. The standard InChI is InChI=1S/C13H17BCl3NO2/c1-12(2)13(3,4)20-14(19-12)11(18)8-5-7(15)6-9(16)10(8)17/h5-6,11H,18H2,1-4H3. The van der Waals surface area contributed by atoms with Crippen LogP contribution in [0.25, 0.3) is 0 Å². The predicted molar refractivity (Wildman–Crippen MR) is 84.5 cm³/mol. The Morgan fingerprint density at radius 1 is 1.05 bits per heavy atom. The summed E-state index contributed by atoms with van der Waals surface area (Å²) in [7, 11) is -0.605.